The quantitative estimate of drug-likeness (QED) is 0.695. The predicted molar refractivity (Wildman–Crippen MR) is 117 cm³/mol. The van der Waals surface area contributed by atoms with E-state index in [-0.39, 0.29) is 17.7 Å². The van der Waals surface area contributed by atoms with Gasteiger partial charge in [-0.15, -0.1) is 0 Å². The highest BCUT2D eigenvalue weighted by Gasteiger charge is 2.41. The molecule has 0 radical (unpaired) electrons. The number of carbonyl (C=O) groups excluding carboxylic acids is 3. The fourth-order valence-electron chi connectivity index (χ4n) is 4.43. The minimum absolute atomic E-state index is 0.151. The number of imide groups is 1. The molecule has 0 unspecified atom stereocenters. The van der Waals surface area contributed by atoms with E-state index in [9.17, 15) is 14.4 Å². The highest BCUT2D eigenvalue weighted by Crippen LogP contribution is 2.33. The normalized spacial score (nSPS) is 20.5. The summed E-state index contributed by atoms with van der Waals surface area (Å²) >= 11 is 0. The minimum Gasteiger partial charge on any atom is -0.379 e. The Labute approximate surface area is 182 Å². The maximum absolute atomic E-state index is 13.4. The zero-order valence-corrected chi connectivity index (χ0v) is 18.1. The molecule has 1 aromatic carbocycles. The lowest BCUT2D eigenvalue weighted by Gasteiger charge is -2.30. The molecule has 0 aromatic heterocycles. The van der Waals surface area contributed by atoms with Crippen molar-refractivity contribution in [3.05, 3.63) is 35.5 Å². The summed E-state index contributed by atoms with van der Waals surface area (Å²) in [4.78, 5) is 43.8. The monoisotopic (exact) mass is 426 g/mol. The number of piperidine rings is 1. The number of benzene rings is 1. The number of amides is 3. The van der Waals surface area contributed by atoms with Crippen molar-refractivity contribution < 1.29 is 19.1 Å². The number of morpholine rings is 1. The Morgan fingerprint density at radius 1 is 0.935 bits per heavy atom. The first kappa shape index (κ1) is 21.5. The average molecular weight is 427 g/mol. The van der Waals surface area contributed by atoms with Crippen LogP contribution in [0.3, 0.4) is 0 Å². The molecule has 3 heterocycles. The third-order valence-corrected chi connectivity index (χ3v) is 6.05. The van der Waals surface area contributed by atoms with E-state index in [0.29, 0.717) is 48.8 Å². The van der Waals surface area contributed by atoms with Crippen LogP contribution in [0, 0.1) is 0 Å². The van der Waals surface area contributed by atoms with Gasteiger partial charge in [-0.25, -0.2) is 0 Å². The van der Waals surface area contributed by atoms with Crippen molar-refractivity contribution in [1.82, 2.24) is 14.7 Å². The summed E-state index contributed by atoms with van der Waals surface area (Å²) in [6.07, 6.45) is 3.19. The van der Waals surface area contributed by atoms with Crippen LogP contribution >= 0.6 is 0 Å². The van der Waals surface area contributed by atoms with Gasteiger partial charge in [0.15, 0.2) is 0 Å². The Morgan fingerprint density at radius 3 is 2.26 bits per heavy atom. The lowest BCUT2D eigenvalue weighted by atomic mass is 10.0. The number of carbonyl (C=O) groups is 3. The molecule has 8 nitrogen and oxygen atoms in total. The first-order chi connectivity index (χ1) is 15.0. The minimum atomic E-state index is -0.230. The van der Waals surface area contributed by atoms with Crippen LogP contribution in [-0.4, -0.2) is 84.9 Å². The fraction of sp³-hybridized carbons (Fsp3) is 0.522. The van der Waals surface area contributed by atoms with Gasteiger partial charge in [-0.05, 0) is 37.0 Å². The van der Waals surface area contributed by atoms with E-state index in [4.69, 9.17) is 4.74 Å². The van der Waals surface area contributed by atoms with Crippen molar-refractivity contribution in [3.8, 4) is 0 Å². The first-order valence-electron chi connectivity index (χ1n) is 11.1. The molecule has 8 heteroatoms. The van der Waals surface area contributed by atoms with Crippen LogP contribution in [0.15, 0.2) is 30.0 Å². The van der Waals surface area contributed by atoms with Crippen LogP contribution in [0.25, 0.3) is 5.57 Å². The van der Waals surface area contributed by atoms with E-state index in [1.165, 1.54) is 11.8 Å². The molecule has 3 amide bonds. The smallest absolute Gasteiger partial charge is 0.277 e. The number of likely N-dealkylation sites (tertiary alicyclic amines) is 1. The molecule has 1 aromatic rings. The third-order valence-electron chi connectivity index (χ3n) is 6.05. The molecule has 0 saturated carbocycles. The molecular weight excluding hydrogens is 396 g/mol. The Balaban J connectivity index is 1.59. The van der Waals surface area contributed by atoms with E-state index in [1.54, 1.807) is 24.3 Å². The lowest BCUT2D eigenvalue weighted by Crippen LogP contribution is -2.44. The highest BCUT2D eigenvalue weighted by molar-refractivity contribution is 6.35. The summed E-state index contributed by atoms with van der Waals surface area (Å²) in [6, 6.07) is 7.15. The maximum atomic E-state index is 13.4. The first-order valence-corrected chi connectivity index (χ1v) is 11.1. The number of ether oxygens (including phenoxy) is 1. The van der Waals surface area contributed by atoms with E-state index in [0.717, 1.165) is 45.4 Å². The summed E-state index contributed by atoms with van der Waals surface area (Å²) in [5.74, 6) is -0.574. The van der Waals surface area contributed by atoms with E-state index in [1.807, 2.05) is 0 Å². The van der Waals surface area contributed by atoms with Gasteiger partial charge in [0.05, 0.1) is 18.8 Å². The van der Waals surface area contributed by atoms with E-state index >= 15 is 0 Å². The number of nitrogens with zero attached hydrogens (tertiary/aromatic N) is 3. The second-order valence-electron chi connectivity index (χ2n) is 8.25. The Kier molecular flexibility index (Phi) is 6.67. The predicted octanol–water partition coefficient (Wildman–Crippen LogP) is 1.54. The van der Waals surface area contributed by atoms with Gasteiger partial charge in [0.1, 0.15) is 5.70 Å². The number of hydrogen-bond donors (Lipinski definition) is 1. The largest absolute Gasteiger partial charge is 0.379 e. The van der Waals surface area contributed by atoms with Crippen molar-refractivity contribution in [2.75, 3.05) is 57.8 Å². The summed E-state index contributed by atoms with van der Waals surface area (Å²) < 4.78 is 5.39. The van der Waals surface area contributed by atoms with Crippen molar-refractivity contribution in [2.45, 2.75) is 26.2 Å². The van der Waals surface area contributed by atoms with Gasteiger partial charge in [0, 0.05) is 51.9 Å². The zero-order valence-electron chi connectivity index (χ0n) is 18.1. The van der Waals surface area contributed by atoms with Gasteiger partial charge < -0.3 is 15.0 Å². The Bertz CT molecular complexity index is 868. The number of rotatable bonds is 6. The summed E-state index contributed by atoms with van der Waals surface area (Å²) in [5, 5.41) is 2.74. The molecule has 3 aliphatic heterocycles. The van der Waals surface area contributed by atoms with E-state index < -0.39 is 0 Å². The molecule has 31 heavy (non-hydrogen) atoms. The Hall–Kier alpha value is -2.71. The average Bonchev–Trinajstić information content (AvgIpc) is 3.03. The molecule has 2 fully saturated rings. The SMILES string of the molecule is CC(=O)Nc1ccc(C2=C(N3CCCCC3)C(=O)N(CCN3CCOCC3)C2=O)cc1. The molecule has 3 aliphatic rings. The van der Waals surface area contributed by atoms with Crippen LogP contribution in [0.2, 0.25) is 0 Å². The van der Waals surface area contributed by atoms with Crippen LogP contribution in [0.4, 0.5) is 5.69 Å². The molecule has 0 spiro atoms. The van der Waals surface area contributed by atoms with Crippen molar-refractivity contribution in [1.29, 1.82) is 0 Å². The van der Waals surface area contributed by atoms with E-state index in [2.05, 4.69) is 15.1 Å². The standard InChI is InChI=1S/C23H30N4O4/c1-17(28)24-19-7-5-18(6-8-19)20-21(26-9-3-2-4-10-26)23(30)27(22(20)29)12-11-25-13-15-31-16-14-25/h5-8H,2-4,9-16H2,1H3,(H,24,28). The van der Waals surface area contributed by atoms with Gasteiger partial charge in [-0.2, -0.15) is 0 Å². The number of nitrogens with one attached hydrogen (secondary N) is 1. The third kappa shape index (κ3) is 4.80. The molecule has 166 valence electrons. The van der Waals surface area contributed by atoms with Gasteiger partial charge in [-0.3, -0.25) is 24.2 Å². The zero-order chi connectivity index (χ0) is 21.8. The van der Waals surface area contributed by atoms with Gasteiger partial charge in [-0.1, -0.05) is 12.1 Å². The molecule has 0 bridgehead atoms. The molecule has 2 saturated heterocycles. The van der Waals surface area contributed by atoms with Gasteiger partial charge in [0.2, 0.25) is 5.91 Å². The highest BCUT2D eigenvalue weighted by atomic mass is 16.5. The summed E-state index contributed by atoms with van der Waals surface area (Å²) in [5.41, 5.74) is 2.38. The molecule has 4 rings (SSSR count). The van der Waals surface area contributed by atoms with Crippen LogP contribution < -0.4 is 5.32 Å². The van der Waals surface area contributed by atoms with Crippen LogP contribution in [0.1, 0.15) is 31.7 Å². The maximum Gasteiger partial charge on any atom is 0.277 e. The summed E-state index contributed by atoms with van der Waals surface area (Å²) in [6.45, 7) is 7.08. The molecule has 0 atom stereocenters. The molecule has 1 N–H and O–H groups in total. The van der Waals surface area contributed by atoms with Crippen molar-refractivity contribution >= 4 is 29.0 Å². The second-order valence-corrected chi connectivity index (χ2v) is 8.25. The lowest BCUT2D eigenvalue weighted by molar-refractivity contribution is -0.138. The van der Waals surface area contributed by atoms with Crippen LogP contribution in [0.5, 0.6) is 0 Å². The van der Waals surface area contributed by atoms with Crippen molar-refractivity contribution in [2.24, 2.45) is 0 Å². The van der Waals surface area contributed by atoms with Crippen molar-refractivity contribution in [3.63, 3.8) is 0 Å². The fourth-order valence-corrected chi connectivity index (χ4v) is 4.43. The number of anilines is 1. The van der Waals surface area contributed by atoms with Gasteiger partial charge >= 0.3 is 0 Å². The summed E-state index contributed by atoms with van der Waals surface area (Å²) in [7, 11) is 0. The second kappa shape index (κ2) is 9.62. The van der Waals surface area contributed by atoms with Crippen LogP contribution in [-0.2, 0) is 19.1 Å². The molecular formula is C23H30N4O4. The molecule has 0 aliphatic carbocycles. The topological polar surface area (TPSA) is 82.2 Å². The number of hydrogen-bond acceptors (Lipinski definition) is 6. The van der Waals surface area contributed by atoms with Gasteiger partial charge in [0.25, 0.3) is 11.8 Å². The Morgan fingerprint density at radius 2 is 1.61 bits per heavy atom.